The van der Waals surface area contributed by atoms with Gasteiger partial charge in [0.1, 0.15) is 5.57 Å². The van der Waals surface area contributed by atoms with Crippen molar-refractivity contribution in [2.45, 2.75) is 20.8 Å². The zero-order valence-electron chi connectivity index (χ0n) is 18.3. The lowest BCUT2D eigenvalue weighted by Gasteiger charge is -2.15. The summed E-state index contributed by atoms with van der Waals surface area (Å²) in [5.74, 6) is -1.26. The molecule has 1 saturated heterocycles. The number of nitrogens with one attached hydrogen (secondary N) is 1. The first kappa shape index (κ1) is 21.1. The average Bonchev–Trinajstić information content (AvgIpc) is 3.23. The van der Waals surface area contributed by atoms with Crippen LogP contribution in [0.5, 0.6) is 0 Å². The molecule has 1 N–H and O–H groups in total. The molecule has 0 aliphatic carbocycles. The van der Waals surface area contributed by atoms with Crippen LogP contribution in [0.2, 0.25) is 0 Å². The van der Waals surface area contributed by atoms with E-state index in [1.54, 1.807) is 42.5 Å². The zero-order valence-corrected chi connectivity index (χ0v) is 18.3. The summed E-state index contributed by atoms with van der Waals surface area (Å²) < 4.78 is 6.89. The molecule has 1 fully saturated rings. The summed E-state index contributed by atoms with van der Waals surface area (Å²) in [5, 5.41) is 1.25. The van der Waals surface area contributed by atoms with Crippen molar-refractivity contribution in [2.24, 2.45) is 0 Å². The molecule has 0 spiro atoms. The van der Waals surface area contributed by atoms with E-state index in [1.807, 2.05) is 43.5 Å². The van der Waals surface area contributed by atoms with Crippen LogP contribution in [-0.4, -0.2) is 29.5 Å². The number of hydrogen-bond acceptors (Lipinski definition) is 4. The van der Waals surface area contributed by atoms with Crippen LogP contribution in [-0.2, 0) is 14.3 Å². The molecule has 162 valence electrons. The Balaban J connectivity index is 1.75. The molecule has 1 aromatic heterocycles. The molecule has 7 heteroatoms. The third-order valence-electron chi connectivity index (χ3n) is 5.63. The van der Waals surface area contributed by atoms with Gasteiger partial charge in [0.2, 0.25) is 0 Å². The van der Waals surface area contributed by atoms with Gasteiger partial charge in [0.05, 0.1) is 18.4 Å². The van der Waals surface area contributed by atoms with Crippen molar-refractivity contribution in [3.05, 3.63) is 88.2 Å². The maximum absolute atomic E-state index is 12.9. The smallest absolute Gasteiger partial charge is 0.338 e. The van der Waals surface area contributed by atoms with Gasteiger partial charge in [0.15, 0.2) is 0 Å². The number of rotatable bonds is 4. The highest BCUT2D eigenvalue weighted by molar-refractivity contribution is 6.31. The SMILES string of the molecule is COC(=O)c1cccc(-n2c(C)cc(/C=C3/C(=O)NN(c4ccccc4)C3=O)c2C)c1C. The fourth-order valence-corrected chi connectivity index (χ4v) is 3.97. The Kier molecular flexibility index (Phi) is 5.40. The number of aryl methyl sites for hydroxylation is 1. The van der Waals surface area contributed by atoms with Gasteiger partial charge in [-0.15, -0.1) is 0 Å². The lowest BCUT2D eigenvalue weighted by molar-refractivity contribution is -0.117. The molecule has 2 aromatic carbocycles. The number of methoxy groups -OCH3 is 1. The van der Waals surface area contributed by atoms with E-state index in [0.29, 0.717) is 11.3 Å². The third kappa shape index (κ3) is 3.47. The second kappa shape index (κ2) is 8.19. The van der Waals surface area contributed by atoms with Crippen LogP contribution < -0.4 is 10.4 Å². The van der Waals surface area contributed by atoms with Gasteiger partial charge in [0.25, 0.3) is 11.8 Å². The standard InChI is InChI=1S/C25H23N3O4/c1-15-13-18(14-21-23(29)26-28(24(21)30)19-9-6-5-7-10-19)17(3)27(15)22-12-8-11-20(16(22)2)25(31)32-4/h5-14H,1-4H3,(H,26,29)/b21-14-. The Hall–Kier alpha value is -4.13. The Morgan fingerprint density at radius 2 is 1.72 bits per heavy atom. The van der Waals surface area contributed by atoms with Gasteiger partial charge in [-0.25, -0.2) is 9.80 Å². The molecule has 0 atom stereocenters. The number of hydrazine groups is 1. The molecule has 0 unspecified atom stereocenters. The fourth-order valence-electron chi connectivity index (χ4n) is 3.97. The molecule has 32 heavy (non-hydrogen) atoms. The topological polar surface area (TPSA) is 80.6 Å². The molecule has 0 radical (unpaired) electrons. The molecule has 2 heterocycles. The predicted octanol–water partition coefficient (Wildman–Crippen LogP) is 3.65. The van der Waals surface area contributed by atoms with E-state index in [-0.39, 0.29) is 5.57 Å². The molecule has 1 aliphatic heterocycles. The molecule has 7 nitrogen and oxygen atoms in total. The van der Waals surface area contributed by atoms with Crippen LogP contribution >= 0.6 is 0 Å². The van der Waals surface area contributed by atoms with Gasteiger partial charge in [-0.2, -0.15) is 0 Å². The zero-order chi connectivity index (χ0) is 23.0. The summed E-state index contributed by atoms with van der Waals surface area (Å²) in [6.45, 7) is 5.71. The van der Waals surface area contributed by atoms with Crippen molar-refractivity contribution in [2.75, 3.05) is 12.1 Å². The Labute approximate surface area is 185 Å². The molecule has 4 rings (SSSR count). The largest absolute Gasteiger partial charge is 0.465 e. The van der Waals surface area contributed by atoms with Crippen molar-refractivity contribution in [3.8, 4) is 5.69 Å². The average molecular weight is 429 g/mol. The van der Waals surface area contributed by atoms with Crippen molar-refractivity contribution in [1.82, 2.24) is 9.99 Å². The number of aromatic nitrogens is 1. The van der Waals surface area contributed by atoms with Gasteiger partial charge < -0.3 is 9.30 Å². The van der Waals surface area contributed by atoms with Gasteiger partial charge in [0, 0.05) is 17.1 Å². The number of nitrogens with zero attached hydrogens (tertiary/aromatic N) is 2. The van der Waals surface area contributed by atoms with Gasteiger partial charge in [-0.3, -0.25) is 15.0 Å². The Bertz CT molecular complexity index is 1270. The number of carbonyl (C=O) groups is 3. The number of carbonyl (C=O) groups excluding carboxylic acids is 3. The number of ether oxygens (including phenoxy) is 1. The minimum Gasteiger partial charge on any atom is -0.465 e. The van der Waals surface area contributed by atoms with Crippen LogP contribution in [0.15, 0.2) is 60.2 Å². The Morgan fingerprint density at radius 1 is 1.00 bits per heavy atom. The van der Waals surface area contributed by atoms with Crippen LogP contribution in [0.1, 0.15) is 32.9 Å². The number of para-hydroxylation sites is 1. The lowest BCUT2D eigenvalue weighted by Crippen LogP contribution is -2.35. The van der Waals surface area contributed by atoms with Gasteiger partial charge in [-0.1, -0.05) is 24.3 Å². The van der Waals surface area contributed by atoms with Crippen LogP contribution in [0.4, 0.5) is 5.69 Å². The highest BCUT2D eigenvalue weighted by atomic mass is 16.5. The van der Waals surface area contributed by atoms with Crippen molar-refractivity contribution in [3.63, 3.8) is 0 Å². The van der Waals surface area contributed by atoms with E-state index < -0.39 is 17.8 Å². The monoisotopic (exact) mass is 429 g/mol. The van der Waals surface area contributed by atoms with E-state index >= 15 is 0 Å². The second-order valence-electron chi connectivity index (χ2n) is 7.58. The summed E-state index contributed by atoms with van der Waals surface area (Å²) in [6, 6.07) is 16.3. The van der Waals surface area contributed by atoms with Gasteiger partial charge >= 0.3 is 5.97 Å². The van der Waals surface area contributed by atoms with E-state index in [0.717, 1.165) is 28.2 Å². The number of esters is 1. The summed E-state index contributed by atoms with van der Waals surface area (Å²) in [7, 11) is 1.35. The molecule has 0 bridgehead atoms. The molecule has 2 amide bonds. The highest BCUT2D eigenvalue weighted by Gasteiger charge is 2.34. The van der Waals surface area contributed by atoms with E-state index in [1.165, 1.54) is 12.1 Å². The summed E-state index contributed by atoms with van der Waals surface area (Å²) >= 11 is 0. The summed E-state index contributed by atoms with van der Waals surface area (Å²) in [5.41, 5.74) is 7.88. The first-order chi connectivity index (χ1) is 15.3. The maximum Gasteiger partial charge on any atom is 0.338 e. The second-order valence-corrected chi connectivity index (χ2v) is 7.58. The Morgan fingerprint density at radius 3 is 2.41 bits per heavy atom. The molecule has 3 aromatic rings. The quantitative estimate of drug-likeness (QED) is 0.390. The lowest BCUT2D eigenvalue weighted by atomic mass is 10.1. The molecular weight excluding hydrogens is 406 g/mol. The first-order valence-corrected chi connectivity index (χ1v) is 10.1. The van der Waals surface area contributed by atoms with Gasteiger partial charge in [-0.05, 0) is 68.3 Å². The maximum atomic E-state index is 12.9. The summed E-state index contributed by atoms with van der Waals surface area (Å²) in [4.78, 5) is 37.6. The fraction of sp³-hybridized carbons (Fsp3) is 0.160. The van der Waals surface area contributed by atoms with Crippen molar-refractivity contribution < 1.29 is 19.1 Å². The summed E-state index contributed by atoms with van der Waals surface area (Å²) in [6.07, 6.45) is 1.61. The minimum atomic E-state index is -0.451. The van der Waals surface area contributed by atoms with Crippen molar-refractivity contribution in [1.29, 1.82) is 0 Å². The van der Waals surface area contributed by atoms with Crippen LogP contribution in [0, 0.1) is 20.8 Å². The number of amides is 2. The molecule has 0 saturated carbocycles. The number of benzene rings is 2. The van der Waals surface area contributed by atoms with Crippen LogP contribution in [0.3, 0.4) is 0 Å². The molecular formula is C25H23N3O4. The van der Waals surface area contributed by atoms with Crippen molar-refractivity contribution >= 4 is 29.5 Å². The van der Waals surface area contributed by atoms with E-state index in [4.69, 9.17) is 4.74 Å². The van der Waals surface area contributed by atoms with E-state index in [9.17, 15) is 14.4 Å². The molecule has 1 aliphatic rings. The highest BCUT2D eigenvalue weighted by Crippen LogP contribution is 2.28. The van der Waals surface area contributed by atoms with E-state index in [2.05, 4.69) is 5.43 Å². The third-order valence-corrected chi connectivity index (χ3v) is 5.63. The number of hydrogen-bond donors (Lipinski definition) is 1. The number of anilines is 1. The predicted molar refractivity (Wildman–Crippen MR) is 121 cm³/mol. The first-order valence-electron chi connectivity index (χ1n) is 10.1. The minimum absolute atomic E-state index is 0.0640. The normalized spacial score (nSPS) is 14.8. The van der Waals surface area contributed by atoms with Crippen LogP contribution in [0.25, 0.3) is 11.8 Å².